The Morgan fingerprint density at radius 3 is 3.08 bits per heavy atom. The Balaban J connectivity index is 2.66. The van der Waals surface area contributed by atoms with Gasteiger partial charge in [0.15, 0.2) is 11.8 Å². The summed E-state index contributed by atoms with van der Waals surface area (Å²) in [6, 6.07) is 0.833. The van der Waals surface area contributed by atoms with Crippen molar-refractivity contribution in [3.8, 4) is 6.07 Å². The number of Topliss-reactive ketones (excluding diaryl/α,β-unsaturated/α-hetero) is 1. The van der Waals surface area contributed by atoms with Crippen molar-refractivity contribution in [3.63, 3.8) is 0 Å². The van der Waals surface area contributed by atoms with Crippen LogP contribution in [0.5, 0.6) is 0 Å². The van der Waals surface area contributed by atoms with E-state index in [-0.39, 0.29) is 25.4 Å². The number of amides is 1. The van der Waals surface area contributed by atoms with Crippen LogP contribution in [0, 0.1) is 11.3 Å². The van der Waals surface area contributed by atoms with E-state index in [0.717, 1.165) is 4.90 Å². The molecule has 1 aliphatic rings. The molecule has 0 radical (unpaired) electrons. The third-order valence-electron chi connectivity index (χ3n) is 1.84. The van der Waals surface area contributed by atoms with Crippen LogP contribution in [0.3, 0.4) is 0 Å². The van der Waals surface area contributed by atoms with Crippen molar-refractivity contribution in [1.29, 1.82) is 5.26 Å². The van der Waals surface area contributed by atoms with E-state index in [2.05, 4.69) is 4.74 Å². The minimum atomic E-state index is -0.945. The van der Waals surface area contributed by atoms with Gasteiger partial charge < -0.3 is 4.74 Å². The molecule has 1 atom stereocenters. The number of ketones is 1. The lowest BCUT2D eigenvalue weighted by molar-refractivity contribution is -0.118. The maximum Gasteiger partial charge on any atom is 0.411 e. The van der Waals surface area contributed by atoms with Crippen LogP contribution in [-0.4, -0.2) is 36.0 Å². The molecule has 1 heterocycles. The summed E-state index contributed by atoms with van der Waals surface area (Å²) in [5, 5.41) is 8.60. The van der Waals surface area contributed by atoms with E-state index in [1.165, 1.54) is 0 Å². The molecular formula is C8H10N2O3. The van der Waals surface area contributed by atoms with E-state index in [0.29, 0.717) is 0 Å². The molecule has 0 bridgehead atoms. The van der Waals surface area contributed by atoms with Gasteiger partial charge >= 0.3 is 6.09 Å². The number of nitrogens with zero attached hydrogens (tertiary/aromatic N) is 2. The molecule has 0 spiro atoms. The van der Waals surface area contributed by atoms with E-state index in [9.17, 15) is 9.59 Å². The first kappa shape index (κ1) is 9.52. The number of rotatable bonds is 1. The summed E-state index contributed by atoms with van der Waals surface area (Å²) < 4.78 is 4.69. The van der Waals surface area contributed by atoms with Gasteiger partial charge in [-0.25, -0.2) is 4.79 Å². The topological polar surface area (TPSA) is 70.4 Å². The number of hydrogen-bond acceptors (Lipinski definition) is 4. The zero-order valence-electron chi connectivity index (χ0n) is 7.32. The number of hydrogen-bond donors (Lipinski definition) is 0. The predicted molar refractivity (Wildman–Crippen MR) is 42.8 cm³/mol. The first-order valence-electron chi connectivity index (χ1n) is 4.06. The van der Waals surface area contributed by atoms with Crippen LogP contribution in [0.2, 0.25) is 0 Å². The highest BCUT2D eigenvalue weighted by atomic mass is 16.6. The molecule has 0 N–H and O–H groups in total. The highest BCUT2D eigenvalue weighted by molar-refractivity contribution is 5.92. The molecule has 1 saturated heterocycles. The summed E-state index contributed by atoms with van der Waals surface area (Å²) in [5.74, 6) is -0.212. The van der Waals surface area contributed by atoms with Gasteiger partial charge in [0.05, 0.1) is 12.7 Å². The zero-order chi connectivity index (χ0) is 9.84. The molecular weight excluding hydrogens is 172 g/mol. The summed E-state index contributed by atoms with van der Waals surface area (Å²) in [5.41, 5.74) is 0. The van der Waals surface area contributed by atoms with Gasteiger partial charge in [0.1, 0.15) is 0 Å². The Hall–Kier alpha value is -1.57. The highest BCUT2D eigenvalue weighted by Crippen LogP contribution is 2.13. The summed E-state index contributed by atoms with van der Waals surface area (Å²) in [7, 11) is 0. The fourth-order valence-corrected chi connectivity index (χ4v) is 1.22. The lowest BCUT2D eigenvalue weighted by atomic mass is 10.2. The number of carbonyl (C=O) groups is 2. The van der Waals surface area contributed by atoms with E-state index < -0.39 is 12.1 Å². The average molecular weight is 182 g/mol. The molecule has 0 aromatic heterocycles. The number of nitriles is 1. The van der Waals surface area contributed by atoms with Crippen molar-refractivity contribution in [2.24, 2.45) is 0 Å². The van der Waals surface area contributed by atoms with Gasteiger partial charge in [0.2, 0.25) is 0 Å². The second-order valence-corrected chi connectivity index (χ2v) is 2.64. The summed E-state index contributed by atoms with van der Waals surface area (Å²) in [6.45, 7) is 2.22. The van der Waals surface area contributed by atoms with Crippen LogP contribution >= 0.6 is 0 Å². The van der Waals surface area contributed by atoms with Gasteiger partial charge in [0, 0.05) is 13.0 Å². The highest BCUT2D eigenvalue weighted by Gasteiger charge is 2.36. The molecule has 1 unspecified atom stereocenters. The van der Waals surface area contributed by atoms with E-state index >= 15 is 0 Å². The van der Waals surface area contributed by atoms with Gasteiger partial charge in [-0.3, -0.25) is 9.69 Å². The summed E-state index contributed by atoms with van der Waals surface area (Å²) in [6.07, 6.45) is -0.336. The molecule has 0 saturated carbocycles. The van der Waals surface area contributed by atoms with Crippen molar-refractivity contribution in [2.45, 2.75) is 19.4 Å². The minimum Gasteiger partial charge on any atom is -0.450 e. The van der Waals surface area contributed by atoms with Gasteiger partial charge in [-0.15, -0.1) is 0 Å². The maximum absolute atomic E-state index is 11.2. The third-order valence-corrected chi connectivity index (χ3v) is 1.84. The lowest BCUT2D eigenvalue weighted by Gasteiger charge is -2.16. The largest absolute Gasteiger partial charge is 0.450 e. The van der Waals surface area contributed by atoms with Crippen molar-refractivity contribution in [1.82, 2.24) is 4.90 Å². The Morgan fingerprint density at radius 2 is 2.54 bits per heavy atom. The molecule has 1 fully saturated rings. The third kappa shape index (κ3) is 1.78. The molecule has 5 heteroatoms. The first-order valence-corrected chi connectivity index (χ1v) is 4.06. The Morgan fingerprint density at radius 1 is 1.85 bits per heavy atom. The summed E-state index contributed by atoms with van der Waals surface area (Å²) in [4.78, 5) is 23.4. The minimum absolute atomic E-state index is 0.212. The quantitative estimate of drug-likeness (QED) is 0.585. The number of carbonyl (C=O) groups excluding carboxylic acids is 2. The maximum atomic E-state index is 11.2. The monoisotopic (exact) mass is 182 g/mol. The van der Waals surface area contributed by atoms with Crippen molar-refractivity contribution in [2.75, 3.05) is 13.2 Å². The average Bonchev–Trinajstić information content (AvgIpc) is 2.47. The Labute approximate surface area is 75.9 Å². The number of ether oxygens (including phenoxy) is 1. The fourth-order valence-electron chi connectivity index (χ4n) is 1.22. The molecule has 0 aliphatic carbocycles. The van der Waals surface area contributed by atoms with Gasteiger partial charge in [-0.05, 0) is 6.92 Å². The van der Waals surface area contributed by atoms with E-state index in [4.69, 9.17) is 5.26 Å². The molecule has 0 aromatic rings. The normalized spacial score (nSPS) is 21.4. The Bertz CT molecular complexity index is 269. The van der Waals surface area contributed by atoms with Crippen LogP contribution in [0.1, 0.15) is 13.3 Å². The second kappa shape index (κ2) is 3.90. The van der Waals surface area contributed by atoms with Crippen LogP contribution in [0.15, 0.2) is 0 Å². The van der Waals surface area contributed by atoms with Crippen LogP contribution in [-0.2, 0) is 9.53 Å². The first-order chi connectivity index (χ1) is 6.20. The molecule has 0 aromatic carbocycles. The van der Waals surface area contributed by atoms with Crippen molar-refractivity contribution in [3.05, 3.63) is 0 Å². The van der Waals surface area contributed by atoms with E-state index in [1.54, 1.807) is 13.0 Å². The van der Waals surface area contributed by atoms with Crippen LogP contribution in [0.25, 0.3) is 0 Å². The number of likely N-dealkylation sites (tertiary alicyclic amines) is 1. The molecule has 70 valence electrons. The summed E-state index contributed by atoms with van der Waals surface area (Å²) >= 11 is 0. The molecule has 1 aliphatic heterocycles. The Kier molecular flexibility index (Phi) is 2.85. The van der Waals surface area contributed by atoms with Gasteiger partial charge in [0.25, 0.3) is 0 Å². The smallest absolute Gasteiger partial charge is 0.411 e. The molecule has 1 rings (SSSR count). The standard InChI is InChI=1S/C8H10N2O3/c1-2-13-8(12)10-4-3-7(11)6(10)5-9/h6H,2-4H2,1H3. The van der Waals surface area contributed by atoms with Crippen LogP contribution < -0.4 is 0 Å². The van der Waals surface area contributed by atoms with E-state index in [1.807, 2.05) is 0 Å². The molecule has 1 amide bonds. The van der Waals surface area contributed by atoms with Crippen molar-refractivity contribution >= 4 is 11.9 Å². The fraction of sp³-hybridized carbons (Fsp3) is 0.625. The molecule has 13 heavy (non-hydrogen) atoms. The SMILES string of the molecule is CCOC(=O)N1CCC(=O)C1C#N. The molecule has 5 nitrogen and oxygen atoms in total. The van der Waals surface area contributed by atoms with Crippen LogP contribution in [0.4, 0.5) is 4.79 Å². The van der Waals surface area contributed by atoms with Crippen molar-refractivity contribution < 1.29 is 14.3 Å². The lowest BCUT2D eigenvalue weighted by Crippen LogP contribution is -2.37. The zero-order valence-corrected chi connectivity index (χ0v) is 7.32. The predicted octanol–water partition coefficient (Wildman–Crippen LogP) is 0.310. The van der Waals surface area contributed by atoms with Gasteiger partial charge in [-0.1, -0.05) is 0 Å². The second-order valence-electron chi connectivity index (χ2n) is 2.64. The van der Waals surface area contributed by atoms with Gasteiger partial charge in [-0.2, -0.15) is 5.26 Å².